The first kappa shape index (κ1) is 13.4. The fourth-order valence-corrected chi connectivity index (χ4v) is 2.12. The van der Waals surface area contributed by atoms with E-state index in [0.29, 0.717) is 0 Å². The molecule has 0 aliphatic heterocycles. The van der Waals surface area contributed by atoms with E-state index in [0.717, 1.165) is 23.9 Å². The van der Waals surface area contributed by atoms with Crippen LogP contribution in [-0.2, 0) is 0 Å². The maximum Gasteiger partial charge on any atom is 0.251 e. The molecule has 2 aromatic rings. The van der Waals surface area contributed by atoms with E-state index < -0.39 is 23.0 Å². The lowest BCUT2D eigenvalue weighted by Crippen LogP contribution is -2.10. The van der Waals surface area contributed by atoms with E-state index in [1.807, 2.05) is 0 Å². The van der Waals surface area contributed by atoms with Gasteiger partial charge in [-0.3, -0.25) is 9.59 Å². The van der Waals surface area contributed by atoms with E-state index in [2.05, 4.69) is 9.97 Å². The summed E-state index contributed by atoms with van der Waals surface area (Å²) in [4.78, 5) is 28.9. The number of thioether (sulfide) groups is 1. The number of Topliss-reactive ketones (excluding diaryl/α,β-unsaturated/α-hetero) is 1. The summed E-state index contributed by atoms with van der Waals surface area (Å²) >= 11 is 0.905. The van der Waals surface area contributed by atoms with Crippen LogP contribution in [0.15, 0.2) is 40.4 Å². The molecular weight excluding hydrogens is 274 g/mol. The number of rotatable bonds is 4. The molecule has 0 amide bonds. The monoisotopic (exact) mass is 282 g/mol. The minimum Gasteiger partial charge on any atom is -0.301 e. The van der Waals surface area contributed by atoms with Gasteiger partial charge in [0.25, 0.3) is 5.56 Å². The zero-order chi connectivity index (χ0) is 13.8. The van der Waals surface area contributed by atoms with Crippen LogP contribution in [-0.4, -0.2) is 21.5 Å². The first-order chi connectivity index (χ1) is 9.08. The molecule has 98 valence electrons. The van der Waals surface area contributed by atoms with Crippen molar-refractivity contribution >= 4 is 17.5 Å². The minimum absolute atomic E-state index is 0.217. The average molecular weight is 282 g/mol. The predicted molar refractivity (Wildman–Crippen MR) is 66.3 cm³/mol. The van der Waals surface area contributed by atoms with Gasteiger partial charge < -0.3 is 4.98 Å². The predicted octanol–water partition coefficient (Wildman–Crippen LogP) is 2.02. The number of H-pyrrole nitrogens is 1. The summed E-state index contributed by atoms with van der Waals surface area (Å²) < 4.78 is 26.7. The number of nitrogens with one attached hydrogen (secondary N) is 1. The molecule has 4 nitrogen and oxygen atoms in total. The number of benzene rings is 1. The van der Waals surface area contributed by atoms with Gasteiger partial charge in [-0.15, -0.1) is 0 Å². The Balaban J connectivity index is 2.12. The zero-order valence-electron chi connectivity index (χ0n) is 9.52. The van der Waals surface area contributed by atoms with Crippen LogP contribution in [0, 0.1) is 11.6 Å². The first-order valence-electron chi connectivity index (χ1n) is 5.23. The van der Waals surface area contributed by atoms with Crippen molar-refractivity contribution in [3.05, 3.63) is 58.0 Å². The van der Waals surface area contributed by atoms with Crippen LogP contribution < -0.4 is 5.56 Å². The molecule has 0 radical (unpaired) electrons. The highest BCUT2D eigenvalue weighted by molar-refractivity contribution is 7.99. The number of carbonyl (C=O) groups excluding carboxylic acids is 1. The highest BCUT2D eigenvalue weighted by Crippen LogP contribution is 2.17. The molecule has 1 aromatic carbocycles. The van der Waals surface area contributed by atoms with Crippen LogP contribution in [0.5, 0.6) is 0 Å². The summed E-state index contributed by atoms with van der Waals surface area (Å²) in [6.45, 7) is 0. The second kappa shape index (κ2) is 5.75. The zero-order valence-corrected chi connectivity index (χ0v) is 10.3. The molecular formula is C12H8F2N2O2S. The molecule has 1 heterocycles. The highest BCUT2D eigenvalue weighted by atomic mass is 32.2. The molecule has 7 heteroatoms. The highest BCUT2D eigenvalue weighted by Gasteiger charge is 2.17. The fraction of sp³-hybridized carbons (Fsp3) is 0.0833. The van der Waals surface area contributed by atoms with Crippen molar-refractivity contribution in [2.45, 2.75) is 5.16 Å². The Morgan fingerprint density at radius 2 is 1.95 bits per heavy atom. The molecule has 0 atom stereocenters. The minimum atomic E-state index is -0.903. The molecule has 0 saturated heterocycles. The maximum absolute atomic E-state index is 13.3. The Hall–Kier alpha value is -2.02. The van der Waals surface area contributed by atoms with Crippen LogP contribution in [0.4, 0.5) is 8.78 Å². The van der Waals surface area contributed by atoms with Crippen molar-refractivity contribution in [1.29, 1.82) is 0 Å². The molecule has 0 spiro atoms. The normalized spacial score (nSPS) is 10.4. The molecule has 19 heavy (non-hydrogen) atoms. The SMILES string of the molecule is O=C(CSc1nccc(=O)[nH]1)c1c(F)cccc1F. The number of carbonyl (C=O) groups is 1. The lowest BCUT2D eigenvalue weighted by atomic mass is 10.1. The number of ketones is 1. The van der Waals surface area contributed by atoms with Crippen molar-refractivity contribution < 1.29 is 13.6 Å². The standard InChI is InChI=1S/C12H8F2N2O2S/c13-7-2-1-3-8(14)11(7)9(17)6-19-12-15-5-4-10(18)16-12/h1-5H,6H2,(H,15,16,18). The average Bonchev–Trinajstić information content (AvgIpc) is 2.36. The molecule has 1 aromatic heterocycles. The summed E-state index contributed by atoms with van der Waals surface area (Å²) in [5, 5.41) is 0.220. The Bertz CT molecular complexity index is 653. The van der Waals surface area contributed by atoms with Gasteiger partial charge in [0.1, 0.15) is 11.6 Å². The van der Waals surface area contributed by atoms with Gasteiger partial charge in [0.2, 0.25) is 0 Å². The lowest BCUT2D eigenvalue weighted by molar-refractivity contribution is 0.101. The van der Waals surface area contributed by atoms with Crippen LogP contribution >= 0.6 is 11.8 Å². The summed E-state index contributed by atoms with van der Waals surface area (Å²) in [7, 11) is 0. The van der Waals surface area contributed by atoms with Crippen molar-refractivity contribution in [3.63, 3.8) is 0 Å². The number of aromatic nitrogens is 2. The number of nitrogens with zero attached hydrogens (tertiary/aromatic N) is 1. The van der Waals surface area contributed by atoms with Crippen molar-refractivity contribution in [1.82, 2.24) is 9.97 Å². The maximum atomic E-state index is 13.3. The van der Waals surface area contributed by atoms with E-state index in [1.165, 1.54) is 18.3 Å². The van der Waals surface area contributed by atoms with Gasteiger partial charge in [-0.2, -0.15) is 0 Å². The van der Waals surface area contributed by atoms with Gasteiger partial charge in [0.05, 0.1) is 11.3 Å². The second-order valence-corrected chi connectivity index (χ2v) is 4.51. The summed E-state index contributed by atoms with van der Waals surface area (Å²) in [5.74, 6) is -2.72. The number of hydrogen-bond acceptors (Lipinski definition) is 4. The molecule has 0 saturated carbocycles. The number of hydrogen-bond donors (Lipinski definition) is 1. The van der Waals surface area contributed by atoms with Crippen molar-refractivity contribution in [2.24, 2.45) is 0 Å². The van der Waals surface area contributed by atoms with E-state index in [-0.39, 0.29) is 16.5 Å². The molecule has 2 rings (SSSR count). The third-order valence-corrected chi connectivity index (χ3v) is 3.12. The molecule has 0 aliphatic carbocycles. The first-order valence-corrected chi connectivity index (χ1v) is 6.22. The van der Waals surface area contributed by atoms with E-state index >= 15 is 0 Å². The third kappa shape index (κ3) is 3.25. The van der Waals surface area contributed by atoms with Gasteiger partial charge in [0.15, 0.2) is 10.9 Å². The molecule has 0 fully saturated rings. The van der Waals surface area contributed by atoms with Gasteiger partial charge in [-0.1, -0.05) is 17.8 Å². The van der Waals surface area contributed by atoms with Crippen LogP contribution in [0.1, 0.15) is 10.4 Å². The Morgan fingerprint density at radius 1 is 1.26 bits per heavy atom. The smallest absolute Gasteiger partial charge is 0.251 e. The van der Waals surface area contributed by atoms with Crippen molar-refractivity contribution in [2.75, 3.05) is 5.75 Å². The third-order valence-electron chi connectivity index (χ3n) is 2.23. The fourth-order valence-electron chi connectivity index (χ4n) is 1.40. The van der Waals surface area contributed by atoms with E-state index in [1.54, 1.807) is 0 Å². The Kier molecular flexibility index (Phi) is 4.06. The van der Waals surface area contributed by atoms with Crippen LogP contribution in [0.2, 0.25) is 0 Å². The summed E-state index contributed by atoms with van der Waals surface area (Å²) in [6.07, 6.45) is 1.29. The Morgan fingerprint density at radius 3 is 2.58 bits per heavy atom. The van der Waals surface area contributed by atoms with E-state index in [4.69, 9.17) is 0 Å². The molecule has 0 aliphatic rings. The topological polar surface area (TPSA) is 62.8 Å². The quantitative estimate of drug-likeness (QED) is 0.529. The second-order valence-electron chi connectivity index (χ2n) is 3.55. The number of halogens is 2. The van der Waals surface area contributed by atoms with Crippen LogP contribution in [0.3, 0.4) is 0 Å². The summed E-state index contributed by atoms with van der Waals surface area (Å²) in [6, 6.07) is 4.44. The number of aromatic amines is 1. The Labute approximate surface area is 110 Å². The van der Waals surface area contributed by atoms with Gasteiger partial charge >= 0.3 is 0 Å². The molecule has 0 unspecified atom stereocenters. The largest absolute Gasteiger partial charge is 0.301 e. The molecule has 0 bridgehead atoms. The lowest BCUT2D eigenvalue weighted by Gasteiger charge is -2.03. The van der Waals surface area contributed by atoms with E-state index in [9.17, 15) is 18.4 Å². The van der Waals surface area contributed by atoms with Gasteiger partial charge in [0, 0.05) is 12.3 Å². The molecule has 1 N–H and O–H groups in total. The van der Waals surface area contributed by atoms with Crippen LogP contribution in [0.25, 0.3) is 0 Å². The van der Waals surface area contributed by atoms with Gasteiger partial charge in [-0.25, -0.2) is 13.8 Å². The van der Waals surface area contributed by atoms with Gasteiger partial charge in [-0.05, 0) is 12.1 Å². The summed E-state index contributed by atoms with van der Waals surface area (Å²) in [5.41, 5.74) is -0.935. The van der Waals surface area contributed by atoms with Crippen molar-refractivity contribution in [3.8, 4) is 0 Å².